The molecule has 0 aliphatic rings. The number of aromatic nitrogens is 4. The van der Waals surface area contributed by atoms with Gasteiger partial charge in [0, 0.05) is 24.0 Å². The summed E-state index contributed by atoms with van der Waals surface area (Å²) in [6.07, 6.45) is 3.46. The first-order chi connectivity index (χ1) is 8.38. The van der Waals surface area contributed by atoms with E-state index >= 15 is 0 Å². The van der Waals surface area contributed by atoms with Gasteiger partial charge in [-0.15, -0.1) is 5.10 Å². The highest BCUT2D eigenvalue weighted by atomic mass is 16.5. The number of pyridine rings is 2. The van der Waals surface area contributed by atoms with Gasteiger partial charge in [0.05, 0.1) is 7.11 Å². The second kappa shape index (κ2) is 3.86. The molecule has 3 aromatic rings. The van der Waals surface area contributed by atoms with Gasteiger partial charge in [0.2, 0.25) is 5.88 Å². The van der Waals surface area contributed by atoms with Crippen LogP contribution in [0.4, 0.5) is 0 Å². The van der Waals surface area contributed by atoms with Crippen LogP contribution in [0.3, 0.4) is 0 Å². The molecule has 0 aliphatic carbocycles. The summed E-state index contributed by atoms with van der Waals surface area (Å²) in [5, 5.41) is 4.39. The van der Waals surface area contributed by atoms with Gasteiger partial charge < -0.3 is 4.74 Å². The van der Waals surface area contributed by atoms with E-state index in [0.717, 1.165) is 11.2 Å². The predicted octanol–water partition coefficient (Wildman–Crippen LogP) is 1.80. The fourth-order valence-corrected chi connectivity index (χ4v) is 1.65. The van der Waals surface area contributed by atoms with Gasteiger partial charge in [0.15, 0.2) is 11.5 Å². The van der Waals surface area contributed by atoms with E-state index in [1.54, 1.807) is 24.0 Å². The van der Waals surface area contributed by atoms with Crippen molar-refractivity contribution in [1.29, 1.82) is 0 Å². The summed E-state index contributed by atoms with van der Waals surface area (Å²) in [5.41, 5.74) is 1.64. The number of hydrogen-bond donors (Lipinski definition) is 0. The summed E-state index contributed by atoms with van der Waals surface area (Å²) in [6, 6.07) is 9.40. The topological polar surface area (TPSA) is 52.3 Å². The lowest BCUT2D eigenvalue weighted by Gasteiger charge is -1.99. The van der Waals surface area contributed by atoms with Crippen LogP contribution in [0.15, 0.2) is 42.7 Å². The number of methoxy groups -OCH3 is 1. The third kappa shape index (κ3) is 1.61. The van der Waals surface area contributed by atoms with E-state index in [9.17, 15) is 0 Å². The van der Waals surface area contributed by atoms with E-state index in [1.165, 1.54) is 0 Å². The molecule has 0 amide bonds. The third-order valence-corrected chi connectivity index (χ3v) is 2.45. The van der Waals surface area contributed by atoms with Crippen LogP contribution in [0.2, 0.25) is 0 Å². The molecule has 17 heavy (non-hydrogen) atoms. The van der Waals surface area contributed by atoms with Crippen LogP contribution in [0.5, 0.6) is 5.88 Å². The molecule has 0 N–H and O–H groups in total. The molecule has 0 spiro atoms. The molecule has 3 heterocycles. The third-order valence-electron chi connectivity index (χ3n) is 2.45. The van der Waals surface area contributed by atoms with E-state index in [4.69, 9.17) is 4.74 Å². The van der Waals surface area contributed by atoms with E-state index in [1.807, 2.05) is 30.3 Å². The molecule has 0 aromatic carbocycles. The van der Waals surface area contributed by atoms with Crippen molar-refractivity contribution >= 4 is 5.65 Å². The highest BCUT2D eigenvalue weighted by Gasteiger charge is 2.08. The molecule has 0 atom stereocenters. The van der Waals surface area contributed by atoms with Crippen molar-refractivity contribution in [3.8, 4) is 17.3 Å². The van der Waals surface area contributed by atoms with E-state index in [2.05, 4.69) is 15.1 Å². The second-order valence-corrected chi connectivity index (χ2v) is 3.52. The zero-order valence-electron chi connectivity index (χ0n) is 9.24. The van der Waals surface area contributed by atoms with Crippen LogP contribution in [0.1, 0.15) is 0 Å². The molecule has 0 saturated carbocycles. The number of fused-ring (bicyclic) bond motifs is 1. The molecule has 3 aromatic heterocycles. The van der Waals surface area contributed by atoms with Crippen molar-refractivity contribution in [2.24, 2.45) is 0 Å². The molecule has 3 rings (SSSR count). The lowest BCUT2D eigenvalue weighted by atomic mass is 10.3. The Labute approximate surface area is 97.7 Å². The quantitative estimate of drug-likeness (QED) is 0.668. The Hall–Kier alpha value is -2.43. The Morgan fingerprint density at radius 3 is 2.88 bits per heavy atom. The van der Waals surface area contributed by atoms with E-state index in [-0.39, 0.29) is 0 Å². The average molecular weight is 226 g/mol. The molecule has 0 aliphatic heterocycles. The average Bonchev–Trinajstić information content (AvgIpc) is 2.83. The molecule has 0 fully saturated rings. The fraction of sp³-hybridized carbons (Fsp3) is 0.0833. The smallest absolute Gasteiger partial charge is 0.216 e. The number of rotatable bonds is 2. The van der Waals surface area contributed by atoms with Crippen LogP contribution in [-0.4, -0.2) is 26.7 Å². The highest BCUT2D eigenvalue weighted by molar-refractivity contribution is 5.57. The van der Waals surface area contributed by atoms with Crippen molar-refractivity contribution in [3.05, 3.63) is 42.7 Å². The van der Waals surface area contributed by atoms with E-state index in [0.29, 0.717) is 11.7 Å². The van der Waals surface area contributed by atoms with Crippen LogP contribution >= 0.6 is 0 Å². The van der Waals surface area contributed by atoms with Gasteiger partial charge in [0.1, 0.15) is 0 Å². The minimum atomic E-state index is 0.641. The van der Waals surface area contributed by atoms with Gasteiger partial charge in [0.25, 0.3) is 0 Å². The number of ether oxygens (including phenoxy) is 1. The standard InChI is InChI=1S/C12H10N4O/c1-17-11-6-2-5-10-14-12(15-16(10)11)9-4-3-7-13-8-9/h2-8H,1H3. The Bertz CT molecular complexity index is 648. The van der Waals surface area contributed by atoms with Crippen LogP contribution in [0, 0.1) is 0 Å². The number of hydrogen-bond acceptors (Lipinski definition) is 4. The monoisotopic (exact) mass is 226 g/mol. The Balaban J connectivity index is 2.20. The zero-order chi connectivity index (χ0) is 11.7. The summed E-state index contributed by atoms with van der Waals surface area (Å²) in [7, 11) is 1.61. The molecule has 0 bridgehead atoms. The summed E-state index contributed by atoms with van der Waals surface area (Å²) in [6.45, 7) is 0. The van der Waals surface area contributed by atoms with Crippen LogP contribution < -0.4 is 4.74 Å². The summed E-state index contributed by atoms with van der Waals surface area (Å²) in [5.74, 6) is 1.30. The lowest BCUT2D eigenvalue weighted by Crippen LogP contribution is -1.94. The first-order valence-corrected chi connectivity index (χ1v) is 5.18. The van der Waals surface area contributed by atoms with Gasteiger partial charge >= 0.3 is 0 Å². The van der Waals surface area contributed by atoms with Gasteiger partial charge in [-0.25, -0.2) is 4.98 Å². The highest BCUT2D eigenvalue weighted by Crippen LogP contribution is 2.18. The SMILES string of the molecule is COc1cccc2nc(-c3cccnc3)nn12. The van der Waals surface area contributed by atoms with Gasteiger partial charge in [-0.2, -0.15) is 4.52 Å². The Morgan fingerprint density at radius 1 is 1.18 bits per heavy atom. The maximum Gasteiger partial charge on any atom is 0.216 e. The first-order valence-electron chi connectivity index (χ1n) is 5.18. The van der Waals surface area contributed by atoms with Crippen molar-refractivity contribution in [2.45, 2.75) is 0 Å². The lowest BCUT2D eigenvalue weighted by molar-refractivity contribution is 0.386. The van der Waals surface area contributed by atoms with Crippen molar-refractivity contribution < 1.29 is 4.74 Å². The summed E-state index contributed by atoms with van der Waals surface area (Å²) < 4.78 is 6.89. The zero-order valence-corrected chi connectivity index (χ0v) is 9.24. The summed E-state index contributed by atoms with van der Waals surface area (Å²) >= 11 is 0. The molecular weight excluding hydrogens is 216 g/mol. The summed E-state index contributed by atoms with van der Waals surface area (Å²) in [4.78, 5) is 8.48. The Kier molecular flexibility index (Phi) is 2.22. The van der Waals surface area contributed by atoms with Crippen molar-refractivity contribution in [3.63, 3.8) is 0 Å². The van der Waals surface area contributed by atoms with Crippen molar-refractivity contribution in [1.82, 2.24) is 19.6 Å². The maximum atomic E-state index is 5.22. The molecule has 0 radical (unpaired) electrons. The van der Waals surface area contributed by atoms with Gasteiger partial charge in [-0.3, -0.25) is 4.98 Å². The predicted molar refractivity (Wildman–Crippen MR) is 62.8 cm³/mol. The minimum absolute atomic E-state index is 0.641. The molecule has 5 heteroatoms. The van der Waals surface area contributed by atoms with Crippen molar-refractivity contribution in [2.75, 3.05) is 7.11 Å². The molecular formula is C12H10N4O. The Morgan fingerprint density at radius 2 is 2.12 bits per heavy atom. The first kappa shape index (κ1) is 9.77. The number of nitrogens with zero attached hydrogens (tertiary/aromatic N) is 4. The second-order valence-electron chi connectivity index (χ2n) is 3.52. The molecule has 0 saturated heterocycles. The van der Waals surface area contributed by atoms with E-state index < -0.39 is 0 Å². The molecule has 5 nitrogen and oxygen atoms in total. The molecule has 0 unspecified atom stereocenters. The fourth-order valence-electron chi connectivity index (χ4n) is 1.65. The van der Waals surface area contributed by atoms with Crippen LogP contribution in [-0.2, 0) is 0 Å². The largest absolute Gasteiger partial charge is 0.481 e. The van der Waals surface area contributed by atoms with Gasteiger partial charge in [-0.05, 0) is 18.2 Å². The normalized spacial score (nSPS) is 10.6. The minimum Gasteiger partial charge on any atom is -0.481 e. The maximum absolute atomic E-state index is 5.22. The molecule has 84 valence electrons. The van der Waals surface area contributed by atoms with Crippen LogP contribution in [0.25, 0.3) is 17.0 Å². The van der Waals surface area contributed by atoms with Gasteiger partial charge in [-0.1, -0.05) is 6.07 Å².